The first-order chi connectivity index (χ1) is 8.40. The molecule has 1 rings (SSSR count). The fraction of sp³-hybridized carbons (Fsp3) is 0. The maximum absolute atomic E-state index is 13.4. The van der Waals surface area contributed by atoms with E-state index in [1.165, 1.54) is 12.1 Å². The predicted octanol–water partition coefficient (Wildman–Crippen LogP) is 0.288. The van der Waals surface area contributed by atoms with Gasteiger partial charge in [0.05, 0.1) is 0 Å². The van der Waals surface area contributed by atoms with E-state index in [4.69, 9.17) is 15.7 Å². The van der Waals surface area contributed by atoms with E-state index in [0.717, 1.165) is 18.2 Å². The first-order valence-corrected chi connectivity index (χ1v) is 5.90. The maximum atomic E-state index is 13.4. The summed E-state index contributed by atoms with van der Waals surface area (Å²) < 4.78 is 35.8. The average molecular weight is 267 g/mol. The topological polar surface area (TPSA) is 132 Å². The van der Waals surface area contributed by atoms with Crippen molar-refractivity contribution < 1.29 is 12.8 Å². The Bertz CT molecular complexity index is 668. The fourth-order valence-electron chi connectivity index (χ4n) is 1.04. The molecule has 18 heavy (non-hydrogen) atoms. The Hall–Kier alpha value is -2.49. The molecular weight excluding hydrogens is 261 g/mol. The normalized spacial score (nSPS) is 10.0. The largest absolute Gasteiger partial charge is 0.272 e. The number of nitrogens with zero attached hydrogens (tertiary/aromatic N) is 3. The molecule has 0 saturated heterocycles. The van der Waals surface area contributed by atoms with Gasteiger partial charge in [-0.05, 0) is 12.1 Å². The van der Waals surface area contributed by atoms with Crippen LogP contribution in [0.2, 0.25) is 0 Å². The fourth-order valence-corrected chi connectivity index (χ4v) is 1.73. The summed E-state index contributed by atoms with van der Waals surface area (Å²) in [6.07, 6.45) is 0. The molecule has 0 aliphatic rings. The van der Waals surface area contributed by atoms with E-state index in [1.807, 2.05) is 5.43 Å². The van der Waals surface area contributed by atoms with Crippen molar-refractivity contribution >= 4 is 21.4 Å². The highest BCUT2D eigenvalue weighted by Crippen LogP contribution is 2.23. The van der Waals surface area contributed by atoms with Gasteiger partial charge in [0.2, 0.25) is 15.7 Å². The van der Waals surface area contributed by atoms with Crippen LogP contribution < -0.4 is 10.6 Å². The van der Waals surface area contributed by atoms with Gasteiger partial charge in [0.1, 0.15) is 28.5 Å². The van der Waals surface area contributed by atoms with E-state index in [-0.39, 0.29) is 0 Å². The third-order valence-electron chi connectivity index (χ3n) is 1.77. The van der Waals surface area contributed by atoms with Crippen molar-refractivity contribution in [3.05, 3.63) is 24.0 Å². The average Bonchev–Trinajstić information content (AvgIpc) is 2.30. The monoisotopic (exact) mass is 267 g/mol. The van der Waals surface area contributed by atoms with Crippen LogP contribution in [0.3, 0.4) is 0 Å². The van der Waals surface area contributed by atoms with E-state index in [1.54, 1.807) is 0 Å². The third kappa shape index (κ3) is 3.01. The molecule has 0 bridgehead atoms. The SMILES string of the molecule is N#CC(C#N)=NNc1c(F)cccc1S(N)(=O)=O. The molecule has 0 heterocycles. The van der Waals surface area contributed by atoms with Gasteiger partial charge in [0.15, 0.2) is 0 Å². The number of hydrazone groups is 1. The van der Waals surface area contributed by atoms with Gasteiger partial charge in [0, 0.05) is 0 Å². The van der Waals surface area contributed by atoms with Crippen LogP contribution in [-0.2, 0) is 10.0 Å². The molecule has 1 aromatic rings. The van der Waals surface area contributed by atoms with Gasteiger partial charge >= 0.3 is 0 Å². The van der Waals surface area contributed by atoms with Crippen molar-refractivity contribution in [3.8, 4) is 12.1 Å². The molecule has 0 unspecified atom stereocenters. The molecule has 0 aromatic heterocycles. The Morgan fingerprint density at radius 3 is 2.50 bits per heavy atom. The van der Waals surface area contributed by atoms with Gasteiger partial charge in [-0.2, -0.15) is 15.6 Å². The van der Waals surface area contributed by atoms with Gasteiger partial charge in [0.25, 0.3) is 0 Å². The second-order valence-electron chi connectivity index (χ2n) is 2.95. The number of rotatable bonds is 3. The minimum absolute atomic E-state index is 0.525. The van der Waals surface area contributed by atoms with E-state index in [0.29, 0.717) is 0 Å². The first kappa shape index (κ1) is 13.6. The van der Waals surface area contributed by atoms with Crippen LogP contribution in [0, 0.1) is 28.5 Å². The number of nitrogens with two attached hydrogens (primary N) is 1. The molecule has 0 fully saturated rings. The molecule has 1 aromatic carbocycles. The number of hydrogen-bond donors (Lipinski definition) is 2. The number of anilines is 1. The number of nitriles is 2. The third-order valence-corrected chi connectivity index (χ3v) is 2.73. The lowest BCUT2D eigenvalue weighted by molar-refractivity contribution is 0.593. The Kier molecular flexibility index (Phi) is 3.94. The number of nitrogens with one attached hydrogen (secondary N) is 1. The zero-order chi connectivity index (χ0) is 13.8. The Balaban J connectivity index is 3.31. The number of hydrogen-bond acceptors (Lipinski definition) is 6. The standard InChI is InChI=1S/C9H6FN5O2S/c10-7-2-1-3-8(18(13,16)17)9(7)15-14-6(4-11)5-12/h1-3,15H,(H2,13,16,17). The summed E-state index contributed by atoms with van der Waals surface area (Å²) in [4.78, 5) is -0.526. The number of primary sulfonamides is 1. The lowest BCUT2D eigenvalue weighted by atomic mass is 10.3. The van der Waals surface area contributed by atoms with E-state index in [2.05, 4.69) is 5.10 Å². The minimum atomic E-state index is -4.15. The second kappa shape index (κ2) is 5.23. The maximum Gasteiger partial charge on any atom is 0.240 e. The summed E-state index contributed by atoms with van der Waals surface area (Å²) >= 11 is 0. The molecular formula is C9H6FN5O2S. The molecule has 0 amide bonds. The molecule has 0 spiro atoms. The van der Waals surface area contributed by atoms with Gasteiger partial charge in [-0.25, -0.2) is 17.9 Å². The van der Waals surface area contributed by atoms with Crippen molar-refractivity contribution in [3.63, 3.8) is 0 Å². The van der Waals surface area contributed by atoms with E-state index >= 15 is 0 Å². The summed E-state index contributed by atoms with van der Waals surface area (Å²) in [5.41, 5.74) is 0.889. The van der Waals surface area contributed by atoms with E-state index < -0.39 is 32.1 Å². The molecule has 0 atom stereocenters. The molecule has 92 valence electrons. The molecule has 0 radical (unpaired) electrons. The smallest absolute Gasteiger partial charge is 0.240 e. The minimum Gasteiger partial charge on any atom is -0.272 e. The summed E-state index contributed by atoms with van der Waals surface area (Å²) in [6, 6.07) is 6.04. The summed E-state index contributed by atoms with van der Waals surface area (Å²) in [7, 11) is -4.15. The number of halogens is 1. The van der Waals surface area contributed by atoms with Crippen LogP contribution in [0.4, 0.5) is 10.1 Å². The molecule has 0 aliphatic heterocycles. The van der Waals surface area contributed by atoms with Crippen molar-refractivity contribution in [2.24, 2.45) is 10.2 Å². The zero-order valence-corrected chi connectivity index (χ0v) is 9.57. The summed E-state index contributed by atoms with van der Waals surface area (Å²) in [5.74, 6) is -0.930. The second-order valence-corrected chi connectivity index (χ2v) is 4.48. The summed E-state index contributed by atoms with van der Waals surface area (Å²) in [5, 5.41) is 25.0. The van der Waals surface area contributed by atoms with Crippen molar-refractivity contribution in [1.82, 2.24) is 0 Å². The van der Waals surface area contributed by atoms with E-state index in [9.17, 15) is 12.8 Å². The first-order valence-electron chi connectivity index (χ1n) is 4.35. The van der Waals surface area contributed by atoms with Crippen molar-refractivity contribution in [2.75, 3.05) is 5.43 Å². The van der Waals surface area contributed by atoms with Gasteiger partial charge in [-0.3, -0.25) is 5.43 Å². The molecule has 9 heteroatoms. The molecule has 0 saturated carbocycles. The number of para-hydroxylation sites is 1. The van der Waals surface area contributed by atoms with Gasteiger partial charge < -0.3 is 0 Å². The van der Waals surface area contributed by atoms with Crippen LogP contribution in [0.25, 0.3) is 0 Å². The van der Waals surface area contributed by atoms with Crippen LogP contribution in [0.1, 0.15) is 0 Å². The molecule has 3 N–H and O–H groups in total. The van der Waals surface area contributed by atoms with Gasteiger partial charge in [-0.15, -0.1) is 0 Å². The molecule has 0 aliphatic carbocycles. The number of sulfonamides is 1. The highest BCUT2D eigenvalue weighted by molar-refractivity contribution is 7.89. The Morgan fingerprint density at radius 1 is 1.39 bits per heavy atom. The highest BCUT2D eigenvalue weighted by atomic mass is 32.2. The van der Waals surface area contributed by atoms with Gasteiger partial charge in [-0.1, -0.05) is 6.07 Å². The Morgan fingerprint density at radius 2 is 2.00 bits per heavy atom. The van der Waals surface area contributed by atoms with Crippen LogP contribution in [0.15, 0.2) is 28.2 Å². The van der Waals surface area contributed by atoms with Crippen LogP contribution >= 0.6 is 0 Å². The lowest BCUT2D eigenvalue weighted by Crippen LogP contribution is -2.15. The van der Waals surface area contributed by atoms with Crippen molar-refractivity contribution in [1.29, 1.82) is 10.5 Å². The lowest BCUT2D eigenvalue weighted by Gasteiger charge is -2.07. The predicted molar refractivity (Wildman–Crippen MR) is 60.1 cm³/mol. The highest BCUT2D eigenvalue weighted by Gasteiger charge is 2.17. The quantitative estimate of drug-likeness (QED) is 0.599. The summed E-state index contributed by atoms with van der Waals surface area (Å²) in [6.45, 7) is 0. The van der Waals surface area contributed by atoms with Crippen LogP contribution in [0.5, 0.6) is 0 Å². The molecule has 7 nitrogen and oxygen atoms in total. The zero-order valence-electron chi connectivity index (χ0n) is 8.75. The van der Waals surface area contributed by atoms with Crippen LogP contribution in [-0.4, -0.2) is 14.1 Å². The van der Waals surface area contributed by atoms with Crippen molar-refractivity contribution in [2.45, 2.75) is 4.90 Å². The Labute approximate surface area is 102 Å². The number of benzene rings is 1.